The topological polar surface area (TPSA) is 84.9 Å². The average Bonchev–Trinajstić information content (AvgIpc) is 2.79. The monoisotopic (exact) mass is 482 g/mol. The summed E-state index contributed by atoms with van der Waals surface area (Å²) in [4.78, 5) is 12.4. The summed E-state index contributed by atoms with van der Waals surface area (Å²) < 4.78 is 37.9. The van der Waals surface area contributed by atoms with Crippen LogP contribution in [0.5, 0.6) is 17.2 Å². The molecule has 0 saturated heterocycles. The highest BCUT2D eigenvalue weighted by Crippen LogP contribution is 2.26. The molecule has 8 heteroatoms. The third-order valence-electron chi connectivity index (χ3n) is 5.11. The van der Waals surface area contributed by atoms with Crippen molar-refractivity contribution in [3.05, 3.63) is 77.9 Å². The summed E-state index contributed by atoms with van der Waals surface area (Å²) in [6, 6.07) is 19.1. The number of carbonyl (C=O) groups is 1. The molecule has 0 aromatic heterocycles. The summed E-state index contributed by atoms with van der Waals surface area (Å²) in [6.07, 6.45) is 0. The zero-order valence-corrected chi connectivity index (χ0v) is 20.7. The summed E-state index contributed by atoms with van der Waals surface area (Å²) >= 11 is 0. The lowest BCUT2D eigenvalue weighted by Crippen LogP contribution is -2.30. The number of nitrogens with one attached hydrogen (secondary N) is 1. The first-order valence-corrected chi connectivity index (χ1v) is 12.5. The van der Waals surface area contributed by atoms with E-state index in [1.807, 2.05) is 26.0 Å². The SMILES string of the molecule is CCN(CC)S(=O)(=O)c1ccc(NC(=O)COc2ccc(Oc3cc(C)cc(C)c3)cc2)cc1. The first kappa shape index (κ1) is 25.3. The summed E-state index contributed by atoms with van der Waals surface area (Å²) in [6.45, 7) is 8.23. The fourth-order valence-corrected chi connectivity index (χ4v) is 4.96. The quantitative estimate of drug-likeness (QED) is 0.432. The van der Waals surface area contributed by atoms with Crippen LogP contribution >= 0.6 is 0 Å². The molecule has 0 spiro atoms. The molecule has 0 radical (unpaired) electrons. The molecule has 0 aliphatic carbocycles. The number of nitrogens with zero attached hydrogens (tertiary/aromatic N) is 1. The lowest BCUT2D eigenvalue weighted by molar-refractivity contribution is -0.118. The van der Waals surface area contributed by atoms with E-state index in [4.69, 9.17) is 9.47 Å². The van der Waals surface area contributed by atoms with Crippen LogP contribution in [0.2, 0.25) is 0 Å². The third kappa shape index (κ3) is 6.59. The summed E-state index contributed by atoms with van der Waals surface area (Å²) in [5, 5.41) is 2.71. The second-order valence-electron chi connectivity index (χ2n) is 7.85. The van der Waals surface area contributed by atoms with Gasteiger partial charge in [-0.1, -0.05) is 19.9 Å². The largest absolute Gasteiger partial charge is 0.484 e. The number of carbonyl (C=O) groups excluding carboxylic acids is 1. The maximum atomic E-state index is 12.6. The number of hydrogen-bond acceptors (Lipinski definition) is 5. The number of rotatable bonds is 10. The Kier molecular flexibility index (Phi) is 8.31. The summed E-state index contributed by atoms with van der Waals surface area (Å²) in [5.74, 6) is 1.61. The Morgan fingerprint density at radius 2 is 1.38 bits per heavy atom. The summed E-state index contributed by atoms with van der Waals surface area (Å²) in [5.41, 5.74) is 2.74. The van der Waals surface area contributed by atoms with Gasteiger partial charge in [0.15, 0.2) is 6.61 Å². The van der Waals surface area contributed by atoms with E-state index >= 15 is 0 Å². The number of benzene rings is 3. The van der Waals surface area contributed by atoms with Crippen molar-refractivity contribution < 1.29 is 22.7 Å². The molecule has 1 amide bonds. The first-order valence-electron chi connectivity index (χ1n) is 11.1. The molecule has 0 unspecified atom stereocenters. The third-order valence-corrected chi connectivity index (χ3v) is 7.17. The maximum Gasteiger partial charge on any atom is 0.262 e. The van der Waals surface area contributed by atoms with Crippen LogP contribution in [-0.2, 0) is 14.8 Å². The van der Waals surface area contributed by atoms with E-state index in [1.165, 1.54) is 16.4 Å². The van der Waals surface area contributed by atoms with E-state index in [0.717, 1.165) is 16.9 Å². The fraction of sp³-hybridized carbons (Fsp3) is 0.269. The Hall–Kier alpha value is -3.36. The molecule has 0 aliphatic rings. The number of amides is 1. The van der Waals surface area contributed by atoms with Crippen LogP contribution in [0.1, 0.15) is 25.0 Å². The molecule has 34 heavy (non-hydrogen) atoms. The smallest absolute Gasteiger partial charge is 0.262 e. The maximum absolute atomic E-state index is 12.6. The molecule has 0 bridgehead atoms. The van der Waals surface area contributed by atoms with Gasteiger partial charge >= 0.3 is 0 Å². The van der Waals surface area contributed by atoms with Crippen molar-refractivity contribution in [2.75, 3.05) is 25.0 Å². The molecule has 1 N–H and O–H groups in total. The van der Waals surface area contributed by atoms with Crippen molar-refractivity contribution in [1.29, 1.82) is 0 Å². The van der Waals surface area contributed by atoms with Gasteiger partial charge in [-0.15, -0.1) is 0 Å². The Morgan fingerprint density at radius 3 is 1.94 bits per heavy atom. The second-order valence-corrected chi connectivity index (χ2v) is 9.79. The molecule has 3 aromatic carbocycles. The van der Waals surface area contributed by atoms with Gasteiger partial charge in [0.1, 0.15) is 17.2 Å². The number of sulfonamides is 1. The van der Waals surface area contributed by atoms with Gasteiger partial charge < -0.3 is 14.8 Å². The molecule has 0 saturated carbocycles. The molecule has 180 valence electrons. The van der Waals surface area contributed by atoms with Crippen LogP contribution in [-0.4, -0.2) is 38.3 Å². The molecule has 0 atom stereocenters. The fourth-order valence-electron chi connectivity index (χ4n) is 3.50. The van der Waals surface area contributed by atoms with Crippen LogP contribution in [0, 0.1) is 13.8 Å². The van der Waals surface area contributed by atoms with Crippen LogP contribution in [0.25, 0.3) is 0 Å². The van der Waals surface area contributed by atoms with E-state index in [-0.39, 0.29) is 17.4 Å². The minimum atomic E-state index is -3.53. The molecule has 3 rings (SSSR count). The van der Waals surface area contributed by atoms with Gasteiger partial charge in [0, 0.05) is 18.8 Å². The lowest BCUT2D eigenvalue weighted by Gasteiger charge is -2.18. The average molecular weight is 483 g/mol. The first-order chi connectivity index (χ1) is 16.2. The van der Waals surface area contributed by atoms with E-state index in [1.54, 1.807) is 50.2 Å². The predicted octanol–water partition coefficient (Wildman–Crippen LogP) is 5.14. The van der Waals surface area contributed by atoms with Gasteiger partial charge in [-0.3, -0.25) is 4.79 Å². The van der Waals surface area contributed by atoms with E-state index in [9.17, 15) is 13.2 Å². The highest BCUT2D eigenvalue weighted by atomic mass is 32.2. The Labute approximate surface area is 201 Å². The minimum absolute atomic E-state index is 0.184. The van der Waals surface area contributed by atoms with Crippen molar-refractivity contribution in [2.24, 2.45) is 0 Å². The number of hydrogen-bond donors (Lipinski definition) is 1. The molecule has 3 aromatic rings. The normalized spacial score (nSPS) is 11.3. The standard InChI is InChI=1S/C26H30N2O5S/c1-5-28(6-2)34(30,31)25-13-7-21(8-14-25)27-26(29)18-32-22-9-11-23(12-10-22)33-24-16-19(3)15-20(4)17-24/h7-17H,5-6,18H2,1-4H3,(H,27,29). The van der Waals surface area contributed by atoms with Gasteiger partial charge in [0.25, 0.3) is 5.91 Å². The number of anilines is 1. The molecular formula is C26H30N2O5S. The Balaban J connectivity index is 1.53. The van der Waals surface area contributed by atoms with Crippen LogP contribution < -0.4 is 14.8 Å². The van der Waals surface area contributed by atoms with Crippen molar-refractivity contribution >= 4 is 21.6 Å². The predicted molar refractivity (Wildman–Crippen MR) is 133 cm³/mol. The summed E-state index contributed by atoms with van der Waals surface area (Å²) in [7, 11) is -3.53. The molecule has 0 aliphatic heterocycles. The molecular weight excluding hydrogens is 452 g/mol. The zero-order valence-electron chi connectivity index (χ0n) is 19.9. The van der Waals surface area contributed by atoms with Gasteiger partial charge in [-0.2, -0.15) is 4.31 Å². The van der Waals surface area contributed by atoms with Crippen molar-refractivity contribution in [2.45, 2.75) is 32.6 Å². The van der Waals surface area contributed by atoms with Crippen molar-refractivity contribution in [3.63, 3.8) is 0 Å². The minimum Gasteiger partial charge on any atom is -0.484 e. The van der Waals surface area contributed by atoms with Gasteiger partial charge in [0.05, 0.1) is 4.90 Å². The molecule has 0 heterocycles. The van der Waals surface area contributed by atoms with Crippen molar-refractivity contribution in [1.82, 2.24) is 4.31 Å². The highest BCUT2D eigenvalue weighted by Gasteiger charge is 2.21. The van der Waals surface area contributed by atoms with Gasteiger partial charge in [0.2, 0.25) is 10.0 Å². The molecule has 0 fully saturated rings. The van der Waals surface area contributed by atoms with E-state index < -0.39 is 10.0 Å². The van der Waals surface area contributed by atoms with E-state index in [2.05, 4.69) is 11.4 Å². The zero-order chi connectivity index (χ0) is 24.7. The second kappa shape index (κ2) is 11.2. The van der Waals surface area contributed by atoms with Gasteiger partial charge in [-0.25, -0.2) is 8.42 Å². The van der Waals surface area contributed by atoms with Crippen molar-refractivity contribution in [3.8, 4) is 17.2 Å². The Morgan fingerprint density at radius 1 is 0.824 bits per heavy atom. The number of aryl methyl sites for hydroxylation is 2. The number of ether oxygens (including phenoxy) is 2. The van der Waals surface area contributed by atoms with E-state index in [0.29, 0.717) is 30.3 Å². The van der Waals surface area contributed by atoms with Crippen LogP contribution in [0.15, 0.2) is 71.6 Å². The highest BCUT2D eigenvalue weighted by molar-refractivity contribution is 7.89. The lowest BCUT2D eigenvalue weighted by atomic mass is 10.1. The van der Waals surface area contributed by atoms with Crippen LogP contribution in [0.4, 0.5) is 5.69 Å². The van der Waals surface area contributed by atoms with Gasteiger partial charge in [-0.05, 0) is 85.6 Å². The van der Waals surface area contributed by atoms with Crippen LogP contribution in [0.3, 0.4) is 0 Å². The Bertz CT molecular complexity index is 1200. The molecule has 7 nitrogen and oxygen atoms in total.